The van der Waals surface area contributed by atoms with Crippen molar-refractivity contribution in [2.24, 2.45) is 0 Å². The van der Waals surface area contributed by atoms with Gasteiger partial charge in [0.25, 0.3) is 6.47 Å². The number of aromatic hydroxyl groups is 1. The predicted molar refractivity (Wildman–Crippen MR) is 41.4 cm³/mol. The van der Waals surface area contributed by atoms with Crippen molar-refractivity contribution in [1.29, 1.82) is 0 Å². The van der Waals surface area contributed by atoms with E-state index in [0.717, 1.165) is 0 Å². The van der Waals surface area contributed by atoms with E-state index in [9.17, 15) is 4.79 Å². The van der Waals surface area contributed by atoms with Gasteiger partial charge in [0.05, 0.1) is 12.8 Å². The summed E-state index contributed by atoms with van der Waals surface area (Å²) in [5, 5.41) is 8.46. The maximum absolute atomic E-state index is 9.18. The molecule has 0 saturated carbocycles. The first-order chi connectivity index (χ1) is 5.81. The SMILES string of the molecule is CCOC=O.Oc1cnccn1. The molecule has 0 radical (unpaired) electrons. The molecule has 5 heteroatoms. The number of nitrogens with zero attached hydrogens (tertiary/aromatic N) is 2. The van der Waals surface area contributed by atoms with Crippen LogP contribution in [0.1, 0.15) is 6.92 Å². The van der Waals surface area contributed by atoms with E-state index in [1.807, 2.05) is 0 Å². The number of carbonyl (C=O) groups is 1. The molecule has 0 aromatic carbocycles. The standard InChI is InChI=1S/C4H4N2O.C3H6O2/c7-4-3-5-1-2-6-4;1-2-5-3-4/h1-3H,(H,6,7);3H,2H2,1H3. The molecule has 0 aliphatic rings. The van der Waals surface area contributed by atoms with Crippen LogP contribution in [0.25, 0.3) is 0 Å². The third kappa shape index (κ3) is 6.47. The van der Waals surface area contributed by atoms with E-state index in [1.165, 1.54) is 18.6 Å². The summed E-state index contributed by atoms with van der Waals surface area (Å²) in [4.78, 5) is 16.2. The van der Waals surface area contributed by atoms with Gasteiger partial charge in [0, 0.05) is 12.4 Å². The highest BCUT2D eigenvalue weighted by atomic mass is 16.5. The Bertz CT molecular complexity index is 203. The fraction of sp³-hybridized carbons (Fsp3) is 0.286. The van der Waals surface area contributed by atoms with Crippen molar-refractivity contribution < 1.29 is 14.6 Å². The highest BCUT2D eigenvalue weighted by Gasteiger charge is 1.77. The van der Waals surface area contributed by atoms with E-state index < -0.39 is 0 Å². The van der Waals surface area contributed by atoms with Gasteiger partial charge >= 0.3 is 0 Å². The molecular formula is C7H10N2O3. The summed E-state index contributed by atoms with van der Waals surface area (Å²) in [7, 11) is 0. The van der Waals surface area contributed by atoms with E-state index in [4.69, 9.17) is 5.11 Å². The Hall–Kier alpha value is -1.65. The first kappa shape index (κ1) is 10.3. The van der Waals surface area contributed by atoms with Crippen molar-refractivity contribution in [1.82, 2.24) is 9.97 Å². The van der Waals surface area contributed by atoms with Gasteiger partial charge in [-0.1, -0.05) is 0 Å². The van der Waals surface area contributed by atoms with Crippen LogP contribution in [0.3, 0.4) is 0 Å². The normalized spacial score (nSPS) is 7.75. The summed E-state index contributed by atoms with van der Waals surface area (Å²) >= 11 is 0. The predicted octanol–water partition coefficient (Wildman–Crippen LogP) is 0.361. The fourth-order valence-electron chi connectivity index (χ4n) is 0.359. The Kier molecular flexibility index (Phi) is 6.43. The molecule has 12 heavy (non-hydrogen) atoms. The minimum Gasteiger partial charge on any atom is -0.492 e. The molecule has 1 heterocycles. The molecule has 0 unspecified atom stereocenters. The van der Waals surface area contributed by atoms with Crippen LogP contribution in [0.15, 0.2) is 18.6 Å². The van der Waals surface area contributed by atoms with E-state index in [-0.39, 0.29) is 5.88 Å². The molecule has 0 atom stereocenters. The zero-order chi connectivity index (χ0) is 9.23. The summed E-state index contributed by atoms with van der Waals surface area (Å²) in [5.41, 5.74) is 0. The lowest BCUT2D eigenvalue weighted by Crippen LogP contribution is -1.80. The summed E-state index contributed by atoms with van der Waals surface area (Å²) in [6.45, 7) is 2.66. The second kappa shape index (κ2) is 7.46. The Morgan fingerprint density at radius 2 is 2.42 bits per heavy atom. The molecule has 0 saturated heterocycles. The van der Waals surface area contributed by atoms with Crippen molar-refractivity contribution in [3.63, 3.8) is 0 Å². The van der Waals surface area contributed by atoms with Crippen LogP contribution in [0.5, 0.6) is 5.88 Å². The van der Waals surface area contributed by atoms with Crippen molar-refractivity contribution in [3.8, 4) is 5.88 Å². The topological polar surface area (TPSA) is 72.3 Å². The minimum atomic E-state index is -0.0394. The van der Waals surface area contributed by atoms with Crippen LogP contribution in [0.2, 0.25) is 0 Å². The van der Waals surface area contributed by atoms with Gasteiger partial charge < -0.3 is 9.84 Å². The maximum atomic E-state index is 9.18. The highest BCUT2D eigenvalue weighted by Crippen LogP contribution is 1.93. The van der Waals surface area contributed by atoms with Gasteiger partial charge in [0.1, 0.15) is 0 Å². The fourth-order valence-corrected chi connectivity index (χ4v) is 0.359. The molecule has 0 aliphatic heterocycles. The lowest BCUT2D eigenvalue weighted by molar-refractivity contribution is -0.128. The lowest BCUT2D eigenvalue weighted by atomic mass is 10.7. The smallest absolute Gasteiger partial charge is 0.293 e. The van der Waals surface area contributed by atoms with E-state index >= 15 is 0 Å². The van der Waals surface area contributed by atoms with Crippen LogP contribution in [-0.2, 0) is 9.53 Å². The summed E-state index contributed by atoms with van der Waals surface area (Å²) in [5.74, 6) is -0.0394. The van der Waals surface area contributed by atoms with Crippen molar-refractivity contribution in [2.75, 3.05) is 6.61 Å². The molecule has 0 fully saturated rings. The Morgan fingerprint density at radius 1 is 1.67 bits per heavy atom. The van der Waals surface area contributed by atoms with Crippen LogP contribution in [0, 0.1) is 0 Å². The van der Waals surface area contributed by atoms with Gasteiger partial charge in [-0.25, -0.2) is 4.98 Å². The molecular weight excluding hydrogens is 160 g/mol. The molecule has 0 bridgehead atoms. The number of hydrogen-bond donors (Lipinski definition) is 1. The maximum Gasteiger partial charge on any atom is 0.293 e. The van der Waals surface area contributed by atoms with Crippen LogP contribution in [-0.4, -0.2) is 28.2 Å². The molecule has 1 aromatic rings. The Balaban J connectivity index is 0.000000217. The van der Waals surface area contributed by atoms with Crippen LogP contribution >= 0.6 is 0 Å². The molecule has 1 N–H and O–H groups in total. The van der Waals surface area contributed by atoms with Gasteiger partial charge in [0.2, 0.25) is 5.88 Å². The Morgan fingerprint density at radius 3 is 2.58 bits per heavy atom. The van der Waals surface area contributed by atoms with E-state index in [1.54, 1.807) is 6.92 Å². The Labute approximate surface area is 70.0 Å². The van der Waals surface area contributed by atoms with Gasteiger partial charge in [-0.2, -0.15) is 0 Å². The molecule has 0 spiro atoms. The second-order valence-corrected chi connectivity index (χ2v) is 1.62. The largest absolute Gasteiger partial charge is 0.492 e. The van der Waals surface area contributed by atoms with Gasteiger partial charge in [-0.3, -0.25) is 9.78 Å². The molecule has 0 aliphatic carbocycles. The zero-order valence-corrected chi connectivity index (χ0v) is 6.67. The second-order valence-electron chi connectivity index (χ2n) is 1.62. The van der Waals surface area contributed by atoms with Gasteiger partial charge in [0.15, 0.2) is 0 Å². The lowest BCUT2D eigenvalue weighted by Gasteiger charge is -1.81. The third-order valence-corrected chi connectivity index (χ3v) is 0.784. The number of aromatic nitrogens is 2. The van der Waals surface area contributed by atoms with Crippen molar-refractivity contribution in [2.45, 2.75) is 6.92 Å². The summed E-state index contributed by atoms with van der Waals surface area (Å²) < 4.78 is 4.15. The number of carbonyl (C=O) groups excluding carboxylic acids is 1. The van der Waals surface area contributed by atoms with Crippen LogP contribution in [0.4, 0.5) is 0 Å². The monoisotopic (exact) mass is 170 g/mol. The molecule has 66 valence electrons. The highest BCUT2D eigenvalue weighted by molar-refractivity contribution is 5.36. The summed E-state index contributed by atoms with van der Waals surface area (Å²) in [6, 6.07) is 0. The molecule has 1 aromatic heterocycles. The number of ether oxygens (including phenoxy) is 1. The van der Waals surface area contributed by atoms with Crippen LogP contribution < -0.4 is 0 Å². The van der Waals surface area contributed by atoms with Gasteiger partial charge in [-0.05, 0) is 6.92 Å². The first-order valence-electron chi connectivity index (χ1n) is 3.31. The summed E-state index contributed by atoms with van der Waals surface area (Å²) in [6.07, 6.45) is 4.20. The van der Waals surface area contributed by atoms with Crippen molar-refractivity contribution >= 4 is 6.47 Å². The molecule has 1 rings (SSSR count). The van der Waals surface area contributed by atoms with E-state index in [0.29, 0.717) is 13.1 Å². The molecule has 0 amide bonds. The average Bonchev–Trinajstić information content (AvgIpc) is 2.08. The third-order valence-electron chi connectivity index (χ3n) is 0.784. The quantitative estimate of drug-likeness (QED) is 0.649. The molecule has 5 nitrogen and oxygen atoms in total. The first-order valence-corrected chi connectivity index (χ1v) is 3.31. The zero-order valence-electron chi connectivity index (χ0n) is 6.67. The van der Waals surface area contributed by atoms with Gasteiger partial charge in [-0.15, -0.1) is 0 Å². The minimum absolute atomic E-state index is 0.0394. The van der Waals surface area contributed by atoms with Crippen molar-refractivity contribution in [3.05, 3.63) is 18.6 Å². The number of hydrogen-bond acceptors (Lipinski definition) is 5. The average molecular weight is 170 g/mol. The number of rotatable bonds is 2. The van der Waals surface area contributed by atoms with E-state index in [2.05, 4.69) is 14.7 Å².